The van der Waals surface area contributed by atoms with E-state index in [1.165, 1.54) is 11.3 Å². The fourth-order valence-corrected chi connectivity index (χ4v) is 3.77. The summed E-state index contributed by atoms with van der Waals surface area (Å²) in [7, 11) is 0. The van der Waals surface area contributed by atoms with Crippen LogP contribution in [0.4, 0.5) is 5.13 Å². The van der Waals surface area contributed by atoms with Crippen LogP contribution in [0.5, 0.6) is 5.75 Å². The van der Waals surface area contributed by atoms with Gasteiger partial charge in [0, 0.05) is 12.0 Å². The largest absolute Gasteiger partial charge is 0.508 e. The molecule has 8 heteroatoms. The number of phenolic OH excluding ortho intramolecular Hbond substituents is 1. The summed E-state index contributed by atoms with van der Waals surface area (Å²) in [5.74, 6) is 0.572. The fraction of sp³-hybridized carbons (Fsp3) is 0.471. The summed E-state index contributed by atoms with van der Waals surface area (Å²) in [4.78, 5) is 12.4. The summed E-state index contributed by atoms with van der Waals surface area (Å²) in [6, 6.07) is 4.94. The molecule has 1 aliphatic heterocycles. The average molecular weight is 361 g/mol. The number of anilines is 1. The number of nitrogens with one attached hydrogen (secondary N) is 3. The Hall–Kier alpha value is -2.03. The number of rotatable bonds is 5. The smallest absolute Gasteiger partial charge is 0.244 e. The standard InChI is InChI=1S/C17H23N5O2S/c1-9(2)6-15-21-22-17(25-15)18-16(24)13-8-12(19-20-13)11-7-10(3)4-5-14(11)23/h4-5,7,9,12-13,19-20,23H,6,8H2,1-3H3,(H,18,22,24). The van der Waals surface area contributed by atoms with Gasteiger partial charge in [-0.15, -0.1) is 10.2 Å². The van der Waals surface area contributed by atoms with E-state index < -0.39 is 6.04 Å². The third kappa shape index (κ3) is 4.33. The number of aromatic nitrogens is 2. The first-order valence-electron chi connectivity index (χ1n) is 8.36. The minimum absolute atomic E-state index is 0.124. The van der Waals surface area contributed by atoms with Crippen LogP contribution < -0.4 is 16.2 Å². The lowest BCUT2D eigenvalue weighted by Gasteiger charge is -2.12. The van der Waals surface area contributed by atoms with Gasteiger partial charge in [0.1, 0.15) is 16.8 Å². The summed E-state index contributed by atoms with van der Waals surface area (Å²) in [6.07, 6.45) is 1.39. The first kappa shape index (κ1) is 17.8. The van der Waals surface area contributed by atoms with Crippen LogP contribution in [-0.4, -0.2) is 27.3 Å². The Labute approximate surface area is 150 Å². The molecule has 0 radical (unpaired) electrons. The molecule has 1 fully saturated rings. The topological polar surface area (TPSA) is 99.2 Å². The van der Waals surface area contributed by atoms with E-state index in [0.29, 0.717) is 17.5 Å². The molecule has 3 rings (SSSR count). The van der Waals surface area contributed by atoms with E-state index >= 15 is 0 Å². The molecule has 0 aliphatic carbocycles. The molecule has 134 valence electrons. The number of benzene rings is 1. The molecule has 1 aromatic carbocycles. The van der Waals surface area contributed by atoms with Gasteiger partial charge < -0.3 is 5.11 Å². The molecule has 1 aromatic heterocycles. The Balaban J connectivity index is 1.61. The number of phenols is 1. The van der Waals surface area contributed by atoms with Crippen molar-refractivity contribution in [2.75, 3.05) is 5.32 Å². The van der Waals surface area contributed by atoms with Crippen molar-refractivity contribution in [3.63, 3.8) is 0 Å². The van der Waals surface area contributed by atoms with Gasteiger partial charge in [-0.05, 0) is 25.3 Å². The van der Waals surface area contributed by atoms with Crippen molar-refractivity contribution >= 4 is 22.4 Å². The van der Waals surface area contributed by atoms with Gasteiger partial charge in [0.2, 0.25) is 11.0 Å². The molecule has 4 N–H and O–H groups in total. The van der Waals surface area contributed by atoms with Gasteiger partial charge in [-0.25, -0.2) is 10.9 Å². The lowest BCUT2D eigenvalue weighted by atomic mass is 9.99. The average Bonchev–Trinajstić information content (AvgIpc) is 3.19. The molecule has 2 unspecified atom stereocenters. The molecule has 2 aromatic rings. The first-order chi connectivity index (χ1) is 11.9. The second kappa shape index (κ2) is 7.47. The van der Waals surface area contributed by atoms with E-state index in [2.05, 4.69) is 40.2 Å². The van der Waals surface area contributed by atoms with Crippen LogP contribution >= 0.6 is 11.3 Å². The quantitative estimate of drug-likeness (QED) is 0.652. The number of nitrogens with zero attached hydrogens (tertiary/aromatic N) is 2. The lowest BCUT2D eigenvalue weighted by molar-refractivity contribution is -0.117. The van der Waals surface area contributed by atoms with E-state index in [0.717, 1.165) is 22.6 Å². The van der Waals surface area contributed by atoms with Crippen molar-refractivity contribution in [2.45, 2.75) is 45.7 Å². The molecule has 1 amide bonds. The Morgan fingerprint density at radius 3 is 2.96 bits per heavy atom. The zero-order valence-corrected chi connectivity index (χ0v) is 15.4. The van der Waals surface area contributed by atoms with Gasteiger partial charge in [0.25, 0.3) is 0 Å². The van der Waals surface area contributed by atoms with E-state index in [1.807, 2.05) is 19.1 Å². The number of carbonyl (C=O) groups excluding carboxylic acids is 1. The first-order valence-corrected chi connectivity index (χ1v) is 9.18. The Morgan fingerprint density at radius 1 is 1.40 bits per heavy atom. The summed E-state index contributed by atoms with van der Waals surface area (Å²) in [5, 5.41) is 22.4. The van der Waals surface area contributed by atoms with E-state index in [1.54, 1.807) is 6.07 Å². The number of aromatic hydroxyl groups is 1. The molecule has 0 saturated carbocycles. The van der Waals surface area contributed by atoms with Crippen LogP contribution in [0.25, 0.3) is 0 Å². The molecule has 2 heterocycles. The normalized spacial score (nSPS) is 20.2. The molecule has 1 aliphatic rings. The predicted octanol–water partition coefficient (Wildman–Crippen LogP) is 2.30. The van der Waals surface area contributed by atoms with Crippen molar-refractivity contribution < 1.29 is 9.90 Å². The number of aryl methyl sites for hydroxylation is 1. The van der Waals surface area contributed by atoms with E-state index in [9.17, 15) is 9.90 Å². The van der Waals surface area contributed by atoms with Gasteiger partial charge in [-0.3, -0.25) is 10.1 Å². The van der Waals surface area contributed by atoms with Crippen LogP contribution in [0.1, 0.15) is 42.4 Å². The van der Waals surface area contributed by atoms with Crippen LogP contribution in [0.2, 0.25) is 0 Å². The number of hydrogen-bond donors (Lipinski definition) is 4. The van der Waals surface area contributed by atoms with E-state index in [-0.39, 0.29) is 17.7 Å². The minimum atomic E-state index is -0.401. The SMILES string of the molecule is Cc1ccc(O)c(C2CC(C(=O)Nc3nnc(CC(C)C)s3)NN2)c1. The van der Waals surface area contributed by atoms with E-state index in [4.69, 9.17) is 0 Å². The van der Waals surface area contributed by atoms with Crippen LogP contribution in [0.3, 0.4) is 0 Å². The zero-order chi connectivity index (χ0) is 18.0. The molecular formula is C17H23N5O2S. The molecule has 7 nitrogen and oxygen atoms in total. The van der Waals surface area contributed by atoms with Crippen LogP contribution in [0.15, 0.2) is 18.2 Å². The number of carbonyl (C=O) groups is 1. The highest BCUT2D eigenvalue weighted by Gasteiger charge is 2.32. The molecule has 0 spiro atoms. The van der Waals surface area contributed by atoms with Crippen LogP contribution in [-0.2, 0) is 11.2 Å². The number of hydrogen-bond acceptors (Lipinski definition) is 7. The summed E-state index contributed by atoms with van der Waals surface area (Å²) >= 11 is 1.41. The summed E-state index contributed by atoms with van der Waals surface area (Å²) in [5.41, 5.74) is 7.93. The molecular weight excluding hydrogens is 338 g/mol. The van der Waals surface area contributed by atoms with Crippen LogP contribution in [0, 0.1) is 12.8 Å². The highest BCUT2D eigenvalue weighted by atomic mass is 32.1. The maximum atomic E-state index is 12.4. The summed E-state index contributed by atoms with van der Waals surface area (Å²) < 4.78 is 0. The molecule has 0 bridgehead atoms. The second-order valence-corrected chi connectivity index (χ2v) is 7.84. The number of amides is 1. The molecule has 25 heavy (non-hydrogen) atoms. The van der Waals surface area contributed by atoms with Crippen molar-refractivity contribution in [3.05, 3.63) is 34.3 Å². The highest BCUT2D eigenvalue weighted by Crippen LogP contribution is 2.30. The van der Waals surface area contributed by atoms with Crippen molar-refractivity contribution in [1.82, 2.24) is 21.0 Å². The van der Waals surface area contributed by atoms with Crippen molar-refractivity contribution in [1.29, 1.82) is 0 Å². The van der Waals surface area contributed by atoms with Crippen molar-refractivity contribution in [2.24, 2.45) is 5.92 Å². The Bertz CT molecular complexity index is 761. The second-order valence-electron chi connectivity index (χ2n) is 6.78. The van der Waals surface area contributed by atoms with Gasteiger partial charge in [-0.1, -0.05) is 42.9 Å². The monoisotopic (exact) mass is 361 g/mol. The Kier molecular flexibility index (Phi) is 5.31. The van der Waals surface area contributed by atoms with Gasteiger partial charge >= 0.3 is 0 Å². The third-order valence-corrected chi connectivity index (χ3v) is 4.92. The summed E-state index contributed by atoms with van der Waals surface area (Å²) in [6.45, 7) is 6.21. The zero-order valence-electron chi connectivity index (χ0n) is 14.5. The van der Waals surface area contributed by atoms with Gasteiger partial charge in [-0.2, -0.15) is 0 Å². The third-order valence-electron chi connectivity index (χ3n) is 4.06. The molecule has 2 atom stereocenters. The van der Waals surface area contributed by atoms with Gasteiger partial charge in [0.15, 0.2) is 0 Å². The maximum Gasteiger partial charge on any atom is 0.244 e. The minimum Gasteiger partial charge on any atom is -0.508 e. The predicted molar refractivity (Wildman–Crippen MR) is 97.3 cm³/mol. The Morgan fingerprint density at radius 2 is 2.20 bits per heavy atom. The fourth-order valence-electron chi connectivity index (χ4n) is 2.81. The lowest BCUT2D eigenvalue weighted by Crippen LogP contribution is -2.39. The van der Waals surface area contributed by atoms with Gasteiger partial charge in [0.05, 0.1) is 6.04 Å². The maximum absolute atomic E-state index is 12.4. The number of hydrazine groups is 1. The molecule has 1 saturated heterocycles. The highest BCUT2D eigenvalue weighted by molar-refractivity contribution is 7.15. The van der Waals surface area contributed by atoms with Crippen molar-refractivity contribution in [3.8, 4) is 5.75 Å².